The molecule has 0 spiro atoms. The fraction of sp³-hybridized carbons (Fsp3) is 0.143. The molecule has 0 atom stereocenters. The number of aromatic nitrogens is 3. The fourth-order valence-electron chi connectivity index (χ4n) is 3.29. The lowest BCUT2D eigenvalue weighted by Crippen LogP contribution is -2.07. The Labute approximate surface area is 174 Å². The lowest BCUT2D eigenvalue weighted by atomic mass is 10.1. The molecular formula is C21H15ClF4N4. The molecule has 154 valence electrons. The molecule has 1 N–H and O–H groups in total. The maximum Gasteiger partial charge on any atom is 0.417 e. The Hall–Kier alpha value is -3.13. The smallest absolute Gasteiger partial charge is 0.340 e. The number of nitrogens with zero attached hydrogens (tertiary/aromatic N) is 3. The van der Waals surface area contributed by atoms with Crippen molar-refractivity contribution in [2.75, 3.05) is 5.32 Å². The van der Waals surface area contributed by atoms with E-state index in [1.807, 2.05) is 0 Å². The second kappa shape index (κ2) is 7.28. The summed E-state index contributed by atoms with van der Waals surface area (Å²) in [7, 11) is 1.76. The molecule has 2 heterocycles. The predicted octanol–water partition coefficient (Wildman–Crippen LogP) is 6.50. The first-order valence-electron chi connectivity index (χ1n) is 8.87. The lowest BCUT2D eigenvalue weighted by molar-refractivity contribution is -0.137. The summed E-state index contributed by atoms with van der Waals surface area (Å²) in [5, 5.41) is 7.64. The Morgan fingerprint density at radius 3 is 2.40 bits per heavy atom. The summed E-state index contributed by atoms with van der Waals surface area (Å²) in [5.41, 5.74) is 1.82. The van der Waals surface area contributed by atoms with Gasteiger partial charge >= 0.3 is 6.18 Å². The van der Waals surface area contributed by atoms with Crippen LogP contribution in [-0.2, 0) is 13.2 Å². The first-order chi connectivity index (χ1) is 14.1. The SMILES string of the molecule is Cc1nn(C)c2cc(-c3ccc(F)cc3)nc(Nc3ccc(Cl)c(C(F)(F)F)c3)c12. The molecule has 2 aromatic heterocycles. The molecule has 0 saturated heterocycles. The minimum atomic E-state index is -4.59. The summed E-state index contributed by atoms with van der Waals surface area (Å²) in [6.45, 7) is 1.79. The van der Waals surface area contributed by atoms with Gasteiger partial charge in [-0.15, -0.1) is 0 Å². The van der Waals surface area contributed by atoms with Gasteiger partial charge in [0.15, 0.2) is 0 Å². The van der Waals surface area contributed by atoms with Gasteiger partial charge in [0.25, 0.3) is 0 Å². The molecule has 0 amide bonds. The highest BCUT2D eigenvalue weighted by molar-refractivity contribution is 6.31. The van der Waals surface area contributed by atoms with Crippen LogP contribution in [0.4, 0.5) is 29.1 Å². The van der Waals surface area contributed by atoms with Crippen molar-refractivity contribution in [2.45, 2.75) is 13.1 Å². The number of fused-ring (bicyclic) bond motifs is 1. The first kappa shape index (κ1) is 20.2. The van der Waals surface area contributed by atoms with Gasteiger partial charge in [-0.1, -0.05) is 11.6 Å². The van der Waals surface area contributed by atoms with Crippen LogP contribution in [-0.4, -0.2) is 14.8 Å². The van der Waals surface area contributed by atoms with E-state index >= 15 is 0 Å². The van der Waals surface area contributed by atoms with Crippen molar-refractivity contribution in [1.82, 2.24) is 14.8 Å². The molecule has 0 aliphatic rings. The van der Waals surface area contributed by atoms with E-state index in [-0.39, 0.29) is 16.5 Å². The predicted molar refractivity (Wildman–Crippen MR) is 108 cm³/mol. The molecule has 2 aromatic carbocycles. The molecule has 0 radical (unpaired) electrons. The molecule has 0 saturated carbocycles. The van der Waals surface area contributed by atoms with Gasteiger partial charge in [-0.05, 0) is 55.5 Å². The molecule has 0 aliphatic carbocycles. The van der Waals surface area contributed by atoms with Gasteiger partial charge in [-0.25, -0.2) is 9.37 Å². The van der Waals surface area contributed by atoms with Crippen LogP contribution in [0.25, 0.3) is 22.2 Å². The monoisotopic (exact) mass is 434 g/mol. The second-order valence-electron chi connectivity index (χ2n) is 6.78. The van der Waals surface area contributed by atoms with Crippen LogP contribution in [0.2, 0.25) is 5.02 Å². The number of hydrogen-bond donors (Lipinski definition) is 1. The average Bonchev–Trinajstić information content (AvgIpc) is 2.97. The highest BCUT2D eigenvalue weighted by atomic mass is 35.5. The molecule has 0 aliphatic heterocycles. The first-order valence-corrected chi connectivity index (χ1v) is 9.25. The Morgan fingerprint density at radius 1 is 1.03 bits per heavy atom. The number of alkyl halides is 3. The second-order valence-corrected chi connectivity index (χ2v) is 7.19. The summed E-state index contributed by atoms with van der Waals surface area (Å²) in [6, 6.07) is 11.2. The van der Waals surface area contributed by atoms with E-state index in [0.717, 1.165) is 11.6 Å². The summed E-state index contributed by atoms with van der Waals surface area (Å²) in [4.78, 5) is 4.58. The number of hydrogen-bond acceptors (Lipinski definition) is 3. The zero-order valence-corrected chi connectivity index (χ0v) is 16.6. The number of pyridine rings is 1. The minimum absolute atomic E-state index is 0.181. The van der Waals surface area contributed by atoms with E-state index in [0.29, 0.717) is 28.2 Å². The van der Waals surface area contributed by atoms with E-state index in [9.17, 15) is 17.6 Å². The molecule has 0 fully saturated rings. The molecule has 4 nitrogen and oxygen atoms in total. The average molecular weight is 435 g/mol. The molecule has 0 unspecified atom stereocenters. The largest absolute Gasteiger partial charge is 0.417 e. The molecule has 9 heteroatoms. The lowest BCUT2D eigenvalue weighted by Gasteiger charge is -2.14. The Balaban J connectivity index is 1.87. The van der Waals surface area contributed by atoms with Crippen molar-refractivity contribution in [1.29, 1.82) is 0 Å². The van der Waals surface area contributed by atoms with Crippen LogP contribution < -0.4 is 5.32 Å². The standard InChI is InChI=1S/C21H15ClF4N4/c1-11-19-18(30(2)29-11)10-17(12-3-5-13(23)6-4-12)28-20(19)27-14-7-8-16(22)15(9-14)21(24,25)26/h3-10H,1-2H3,(H,27,28). The van der Waals surface area contributed by atoms with Crippen LogP contribution in [0.1, 0.15) is 11.3 Å². The minimum Gasteiger partial charge on any atom is -0.340 e. The quantitative estimate of drug-likeness (QED) is 0.374. The molecule has 4 rings (SSSR count). The number of rotatable bonds is 3. The van der Waals surface area contributed by atoms with Gasteiger partial charge in [0.2, 0.25) is 0 Å². The van der Waals surface area contributed by atoms with Gasteiger partial charge < -0.3 is 5.32 Å². The molecule has 30 heavy (non-hydrogen) atoms. The van der Waals surface area contributed by atoms with E-state index in [2.05, 4.69) is 15.4 Å². The molecular weight excluding hydrogens is 420 g/mol. The summed E-state index contributed by atoms with van der Waals surface area (Å²) in [6.07, 6.45) is -4.59. The van der Waals surface area contributed by atoms with Crippen molar-refractivity contribution >= 4 is 34.0 Å². The van der Waals surface area contributed by atoms with Crippen molar-refractivity contribution in [3.8, 4) is 11.3 Å². The van der Waals surface area contributed by atoms with Crippen LogP contribution in [0, 0.1) is 12.7 Å². The summed E-state index contributed by atoms with van der Waals surface area (Å²) >= 11 is 5.72. The number of nitrogens with one attached hydrogen (secondary N) is 1. The number of anilines is 2. The van der Waals surface area contributed by atoms with Crippen LogP contribution >= 0.6 is 11.6 Å². The third-order valence-electron chi connectivity index (χ3n) is 4.68. The maximum atomic E-state index is 13.3. The van der Waals surface area contributed by atoms with E-state index in [4.69, 9.17) is 11.6 Å². The van der Waals surface area contributed by atoms with Crippen LogP contribution in [0.15, 0.2) is 48.5 Å². The Kier molecular flexibility index (Phi) is 4.89. The van der Waals surface area contributed by atoms with E-state index in [1.54, 1.807) is 36.9 Å². The fourth-order valence-corrected chi connectivity index (χ4v) is 3.51. The van der Waals surface area contributed by atoms with Crippen molar-refractivity contribution in [3.63, 3.8) is 0 Å². The van der Waals surface area contributed by atoms with E-state index in [1.165, 1.54) is 24.3 Å². The Bertz CT molecular complexity index is 1250. The summed E-state index contributed by atoms with van der Waals surface area (Å²) in [5.74, 6) is -0.0386. The van der Waals surface area contributed by atoms with Crippen LogP contribution in [0.5, 0.6) is 0 Å². The van der Waals surface area contributed by atoms with Gasteiger partial charge in [0.05, 0.1) is 32.9 Å². The van der Waals surface area contributed by atoms with Crippen molar-refractivity contribution in [3.05, 3.63) is 70.6 Å². The number of benzene rings is 2. The Morgan fingerprint density at radius 2 is 1.73 bits per heavy atom. The van der Waals surface area contributed by atoms with Gasteiger partial charge in [-0.3, -0.25) is 4.68 Å². The third kappa shape index (κ3) is 3.70. The zero-order valence-electron chi connectivity index (χ0n) is 15.9. The van der Waals surface area contributed by atoms with Gasteiger partial charge in [0, 0.05) is 18.3 Å². The number of halogens is 5. The third-order valence-corrected chi connectivity index (χ3v) is 5.01. The van der Waals surface area contributed by atoms with E-state index < -0.39 is 11.7 Å². The highest BCUT2D eigenvalue weighted by Gasteiger charge is 2.33. The van der Waals surface area contributed by atoms with Gasteiger partial charge in [0.1, 0.15) is 11.6 Å². The molecule has 4 aromatic rings. The maximum absolute atomic E-state index is 13.3. The molecule has 0 bridgehead atoms. The zero-order chi connectivity index (χ0) is 21.6. The van der Waals surface area contributed by atoms with Crippen molar-refractivity contribution < 1.29 is 17.6 Å². The van der Waals surface area contributed by atoms with Gasteiger partial charge in [-0.2, -0.15) is 18.3 Å². The van der Waals surface area contributed by atoms with Crippen molar-refractivity contribution in [2.24, 2.45) is 7.05 Å². The highest BCUT2D eigenvalue weighted by Crippen LogP contribution is 2.38. The normalized spacial score (nSPS) is 11.8. The summed E-state index contributed by atoms with van der Waals surface area (Å²) < 4.78 is 54.7. The topological polar surface area (TPSA) is 42.7 Å². The van der Waals surface area contributed by atoms with Crippen LogP contribution in [0.3, 0.4) is 0 Å². The number of aryl methyl sites for hydroxylation is 2.